The van der Waals surface area contributed by atoms with Gasteiger partial charge in [0.2, 0.25) is 5.88 Å². The molecule has 3 aromatic heterocycles. The highest BCUT2D eigenvalue weighted by atomic mass is 32.1. The fraction of sp³-hybridized carbons (Fsp3) is 0.353. The zero-order valence-corrected chi connectivity index (χ0v) is 14.4. The Morgan fingerprint density at radius 2 is 2.00 bits per heavy atom. The molecule has 0 radical (unpaired) electrons. The van der Waals surface area contributed by atoms with Gasteiger partial charge in [0.15, 0.2) is 5.13 Å². The van der Waals surface area contributed by atoms with Crippen molar-refractivity contribution in [2.75, 3.05) is 38.2 Å². The summed E-state index contributed by atoms with van der Waals surface area (Å²) in [6, 6.07) is 7.95. The first-order chi connectivity index (χ1) is 11.8. The number of aromatic nitrogens is 3. The van der Waals surface area contributed by atoms with Crippen LogP contribution in [0.2, 0.25) is 0 Å². The molecule has 4 heterocycles. The Hall–Kier alpha value is -2.25. The van der Waals surface area contributed by atoms with Crippen LogP contribution in [-0.2, 0) is 6.54 Å². The van der Waals surface area contributed by atoms with E-state index in [1.807, 2.05) is 30.6 Å². The van der Waals surface area contributed by atoms with E-state index in [0.717, 1.165) is 49.1 Å². The van der Waals surface area contributed by atoms with Crippen LogP contribution in [0.4, 0.5) is 5.13 Å². The van der Waals surface area contributed by atoms with Gasteiger partial charge in [-0.3, -0.25) is 9.88 Å². The number of methoxy groups -OCH3 is 1. The normalized spacial score (nSPS) is 15.8. The second-order valence-corrected chi connectivity index (χ2v) is 6.78. The molecule has 124 valence electrons. The third-order valence-electron chi connectivity index (χ3n) is 4.20. The molecular weight excluding hydrogens is 322 g/mol. The van der Waals surface area contributed by atoms with Gasteiger partial charge in [0.25, 0.3) is 0 Å². The van der Waals surface area contributed by atoms with Crippen molar-refractivity contribution in [1.82, 2.24) is 19.9 Å². The summed E-state index contributed by atoms with van der Waals surface area (Å²) in [7, 11) is 1.65. The second-order valence-electron chi connectivity index (χ2n) is 5.77. The smallest absolute Gasteiger partial charge is 0.213 e. The maximum Gasteiger partial charge on any atom is 0.213 e. The number of fused-ring (bicyclic) bond motifs is 1. The minimum atomic E-state index is 0.675. The van der Waals surface area contributed by atoms with Crippen molar-refractivity contribution in [1.29, 1.82) is 0 Å². The molecule has 6 nitrogen and oxygen atoms in total. The maximum atomic E-state index is 5.20. The molecule has 0 saturated carbocycles. The van der Waals surface area contributed by atoms with Crippen molar-refractivity contribution < 1.29 is 4.74 Å². The summed E-state index contributed by atoms with van der Waals surface area (Å²) in [5.41, 5.74) is 2.04. The Labute approximate surface area is 144 Å². The zero-order chi connectivity index (χ0) is 16.4. The molecule has 0 amide bonds. The first-order valence-electron chi connectivity index (χ1n) is 7.99. The van der Waals surface area contributed by atoms with Crippen molar-refractivity contribution in [2.24, 2.45) is 0 Å². The van der Waals surface area contributed by atoms with Crippen LogP contribution < -0.4 is 9.64 Å². The SMILES string of the molecule is COc1cccc(CN2CCN(c3nc4cnccc4s3)CC2)n1. The first-order valence-corrected chi connectivity index (χ1v) is 8.81. The number of nitrogens with zero attached hydrogens (tertiary/aromatic N) is 5. The average Bonchev–Trinajstić information content (AvgIpc) is 3.06. The molecule has 0 atom stereocenters. The third kappa shape index (κ3) is 3.18. The molecule has 1 fully saturated rings. The predicted molar refractivity (Wildman–Crippen MR) is 95.7 cm³/mol. The van der Waals surface area contributed by atoms with Gasteiger partial charge in [-0.25, -0.2) is 9.97 Å². The molecule has 0 aromatic carbocycles. The van der Waals surface area contributed by atoms with Crippen LogP contribution in [0.5, 0.6) is 5.88 Å². The van der Waals surface area contributed by atoms with E-state index in [2.05, 4.69) is 25.8 Å². The van der Waals surface area contributed by atoms with E-state index >= 15 is 0 Å². The van der Waals surface area contributed by atoms with Gasteiger partial charge in [-0.05, 0) is 12.1 Å². The van der Waals surface area contributed by atoms with Gasteiger partial charge in [0.1, 0.15) is 5.52 Å². The monoisotopic (exact) mass is 341 g/mol. The van der Waals surface area contributed by atoms with Crippen LogP contribution in [-0.4, -0.2) is 53.1 Å². The van der Waals surface area contributed by atoms with Gasteiger partial charge in [-0.2, -0.15) is 0 Å². The van der Waals surface area contributed by atoms with Gasteiger partial charge in [0.05, 0.1) is 23.7 Å². The lowest BCUT2D eigenvalue weighted by molar-refractivity contribution is 0.246. The van der Waals surface area contributed by atoms with Crippen molar-refractivity contribution in [2.45, 2.75) is 6.54 Å². The largest absolute Gasteiger partial charge is 0.481 e. The molecule has 1 saturated heterocycles. The summed E-state index contributed by atoms with van der Waals surface area (Å²) < 4.78 is 6.40. The van der Waals surface area contributed by atoms with Crippen LogP contribution in [0.25, 0.3) is 10.2 Å². The lowest BCUT2D eigenvalue weighted by Gasteiger charge is -2.34. The Morgan fingerprint density at radius 3 is 2.79 bits per heavy atom. The van der Waals surface area contributed by atoms with Crippen LogP contribution >= 0.6 is 11.3 Å². The second kappa shape index (κ2) is 6.70. The predicted octanol–water partition coefficient (Wildman–Crippen LogP) is 2.42. The van der Waals surface area contributed by atoms with Crippen molar-refractivity contribution >= 4 is 26.7 Å². The molecule has 0 N–H and O–H groups in total. The zero-order valence-electron chi connectivity index (χ0n) is 13.6. The Morgan fingerprint density at radius 1 is 1.12 bits per heavy atom. The summed E-state index contributed by atoms with van der Waals surface area (Å²) in [5.74, 6) is 0.675. The highest BCUT2D eigenvalue weighted by Crippen LogP contribution is 2.28. The van der Waals surface area contributed by atoms with E-state index in [9.17, 15) is 0 Å². The minimum Gasteiger partial charge on any atom is -0.481 e. The number of rotatable bonds is 4. The van der Waals surface area contributed by atoms with Gasteiger partial charge in [-0.1, -0.05) is 17.4 Å². The molecule has 1 aliphatic heterocycles. The van der Waals surface area contributed by atoms with Gasteiger partial charge in [0, 0.05) is 45.0 Å². The summed E-state index contributed by atoms with van der Waals surface area (Å²) in [6.45, 7) is 4.84. The molecule has 0 aliphatic carbocycles. The number of pyridine rings is 2. The van der Waals surface area contributed by atoms with Gasteiger partial charge < -0.3 is 9.64 Å². The van der Waals surface area contributed by atoms with Crippen LogP contribution in [0.15, 0.2) is 36.7 Å². The average molecular weight is 341 g/mol. The quantitative estimate of drug-likeness (QED) is 0.726. The fourth-order valence-electron chi connectivity index (χ4n) is 2.89. The van der Waals surface area contributed by atoms with E-state index in [1.54, 1.807) is 18.4 Å². The van der Waals surface area contributed by atoms with E-state index in [0.29, 0.717) is 5.88 Å². The molecule has 0 spiro atoms. The summed E-state index contributed by atoms with van der Waals surface area (Å²) in [5, 5.41) is 1.09. The molecule has 4 rings (SSSR count). The summed E-state index contributed by atoms with van der Waals surface area (Å²) in [6.07, 6.45) is 3.66. The van der Waals surface area contributed by atoms with Gasteiger partial charge in [-0.15, -0.1) is 0 Å². The van der Waals surface area contributed by atoms with E-state index in [4.69, 9.17) is 9.72 Å². The Bertz CT molecular complexity index is 795. The van der Waals surface area contributed by atoms with Crippen LogP contribution in [0, 0.1) is 0 Å². The molecule has 0 bridgehead atoms. The van der Waals surface area contributed by atoms with Crippen LogP contribution in [0.1, 0.15) is 5.69 Å². The summed E-state index contributed by atoms with van der Waals surface area (Å²) in [4.78, 5) is 18.1. The van der Waals surface area contributed by atoms with Crippen molar-refractivity contribution in [3.63, 3.8) is 0 Å². The van der Waals surface area contributed by atoms with E-state index in [1.165, 1.54) is 4.70 Å². The standard InChI is InChI=1S/C17H19N5OS/c1-23-16-4-2-3-13(19-16)12-21-7-9-22(10-8-21)17-20-14-11-18-6-5-15(14)24-17/h2-6,11H,7-10,12H2,1H3. The van der Waals surface area contributed by atoms with E-state index < -0.39 is 0 Å². The maximum absolute atomic E-state index is 5.20. The Kier molecular flexibility index (Phi) is 4.27. The molecule has 1 aliphatic rings. The molecule has 0 unspecified atom stereocenters. The minimum absolute atomic E-state index is 0.675. The number of hydrogen-bond acceptors (Lipinski definition) is 7. The van der Waals surface area contributed by atoms with Crippen molar-refractivity contribution in [3.8, 4) is 5.88 Å². The highest BCUT2D eigenvalue weighted by molar-refractivity contribution is 7.22. The number of anilines is 1. The molecule has 24 heavy (non-hydrogen) atoms. The molecule has 3 aromatic rings. The van der Waals surface area contributed by atoms with Crippen molar-refractivity contribution in [3.05, 3.63) is 42.4 Å². The van der Waals surface area contributed by atoms with Gasteiger partial charge >= 0.3 is 0 Å². The fourth-order valence-corrected chi connectivity index (χ4v) is 3.87. The number of thiazole rings is 1. The highest BCUT2D eigenvalue weighted by Gasteiger charge is 2.20. The lowest BCUT2D eigenvalue weighted by atomic mass is 10.3. The Balaban J connectivity index is 1.39. The first kappa shape index (κ1) is 15.3. The topological polar surface area (TPSA) is 54.4 Å². The molecular formula is C17H19N5OS. The number of ether oxygens (including phenoxy) is 1. The van der Waals surface area contributed by atoms with E-state index in [-0.39, 0.29) is 0 Å². The van der Waals surface area contributed by atoms with Crippen LogP contribution in [0.3, 0.4) is 0 Å². The number of piperazine rings is 1. The third-order valence-corrected chi connectivity index (χ3v) is 5.29. The number of hydrogen-bond donors (Lipinski definition) is 0. The summed E-state index contributed by atoms with van der Waals surface area (Å²) >= 11 is 1.74. The lowest BCUT2D eigenvalue weighted by Crippen LogP contribution is -2.46. The molecule has 7 heteroatoms.